The first-order valence-corrected chi connectivity index (χ1v) is 4.49. The molecule has 0 bridgehead atoms. The number of hydrogen-bond acceptors (Lipinski definition) is 3. The Morgan fingerprint density at radius 3 is 2.57 bits per heavy atom. The van der Waals surface area contributed by atoms with Crippen LogP contribution in [-0.4, -0.2) is 18.4 Å². The van der Waals surface area contributed by atoms with E-state index in [1.165, 1.54) is 0 Å². The van der Waals surface area contributed by atoms with Crippen LogP contribution in [0, 0.1) is 6.92 Å². The summed E-state index contributed by atoms with van der Waals surface area (Å²) in [6, 6.07) is 3.69. The quantitative estimate of drug-likeness (QED) is 0.688. The number of rotatable bonds is 3. The Hall–Kier alpha value is -1.38. The SMILES string of the molecule is COc1cc(C(C)(C)C=O)cc(C)n1. The van der Waals surface area contributed by atoms with Gasteiger partial charge in [0.1, 0.15) is 6.29 Å². The Morgan fingerprint density at radius 1 is 1.43 bits per heavy atom. The molecule has 0 aliphatic heterocycles. The van der Waals surface area contributed by atoms with Gasteiger partial charge in [-0.1, -0.05) is 0 Å². The van der Waals surface area contributed by atoms with Crippen molar-refractivity contribution < 1.29 is 9.53 Å². The number of aromatic nitrogens is 1. The molecule has 1 aromatic heterocycles. The lowest BCUT2D eigenvalue weighted by molar-refractivity contribution is -0.111. The van der Waals surface area contributed by atoms with E-state index in [1.807, 2.05) is 26.8 Å². The van der Waals surface area contributed by atoms with Crippen molar-refractivity contribution in [3.05, 3.63) is 23.4 Å². The standard InChI is InChI=1S/C11H15NO2/c1-8-5-9(11(2,3)7-13)6-10(12-8)14-4/h5-7H,1-4H3. The molecule has 0 atom stereocenters. The molecule has 0 aromatic carbocycles. The molecule has 0 aliphatic rings. The Labute approximate surface area is 84.1 Å². The zero-order chi connectivity index (χ0) is 10.8. The summed E-state index contributed by atoms with van der Waals surface area (Å²) in [4.78, 5) is 15.0. The number of aryl methyl sites for hydroxylation is 1. The molecule has 0 fully saturated rings. The number of carbonyl (C=O) groups excluding carboxylic acids is 1. The van der Waals surface area contributed by atoms with Gasteiger partial charge in [0.05, 0.1) is 7.11 Å². The summed E-state index contributed by atoms with van der Waals surface area (Å²) in [5, 5.41) is 0. The molecular formula is C11H15NO2. The van der Waals surface area contributed by atoms with Crippen molar-refractivity contribution >= 4 is 6.29 Å². The zero-order valence-corrected chi connectivity index (χ0v) is 9.00. The molecule has 0 aliphatic carbocycles. The third-order valence-electron chi connectivity index (χ3n) is 2.18. The van der Waals surface area contributed by atoms with Crippen LogP contribution in [-0.2, 0) is 10.2 Å². The summed E-state index contributed by atoms with van der Waals surface area (Å²) in [5.74, 6) is 0.551. The van der Waals surface area contributed by atoms with Crippen molar-refractivity contribution in [2.75, 3.05) is 7.11 Å². The third-order valence-corrected chi connectivity index (χ3v) is 2.18. The van der Waals surface area contributed by atoms with E-state index in [0.717, 1.165) is 17.5 Å². The molecule has 0 amide bonds. The number of hydrogen-bond donors (Lipinski definition) is 0. The summed E-state index contributed by atoms with van der Waals surface area (Å²) in [6.45, 7) is 5.62. The van der Waals surface area contributed by atoms with Gasteiger partial charge >= 0.3 is 0 Å². The second kappa shape index (κ2) is 3.78. The Morgan fingerprint density at radius 2 is 2.07 bits per heavy atom. The smallest absolute Gasteiger partial charge is 0.213 e. The summed E-state index contributed by atoms with van der Waals surface area (Å²) < 4.78 is 5.05. The fraction of sp³-hybridized carbons (Fsp3) is 0.455. The first-order valence-electron chi connectivity index (χ1n) is 4.49. The minimum Gasteiger partial charge on any atom is -0.481 e. The Bertz CT molecular complexity index is 345. The predicted molar refractivity (Wildman–Crippen MR) is 54.6 cm³/mol. The molecule has 0 unspecified atom stereocenters. The highest BCUT2D eigenvalue weighted by Crippen LogP contribution is 2.24. The maximum atomic E-state index is 10.9. The topological polar surface area (TPSA) is 39.2 Å². The van der Waals surface area contributed by atoms with E-state index in [2.05, 4.69) is 4.98 Å². The van der Waals surface area contributed by atoms with Gasteiger partial charge < -0.3 is 9.53 Å². The molecule has 1 aromatic rings. The number of methoxy groups -OCH3 is 1. The van der Waals surface area contributed by atoms with Crippen LogP contribution >= 0.6 is 0 Å². The van der Waals surface area contributed by atoms with Crippen LogP contribution in [0.15, 0.2) is 12.1 Å². The maximum absolute atomic E-state index is 10.9. The number of ether oxygens (including phenoxy) is 1. The summed E-state index contributed by atoms with van der Waals surface area (Å²) in [5.41, 5.74) is 1.30. The van der Waals surface area contributed by atoms with Crippen molar-refractivity contribution in [2.24, 2.45) is 0 Å². The van der Waals surface area contributed by atoms with E-state index in [-0.39, 0.29) is 0 Å². The van der Waals surface area contributed by atoms with Gasteiger partial charge in [0, 0.05) is 17.2 Å². The molecule has 0 saturated heterocycles. The van der Waals surface area contributed by atoms with E-state index in [9.17, 15) is 4.79 Å². The Kier molecular flexibility index (Phi) is 2.89. The van der Waals surface area contributed by atoms with E-state index in [1.54, 1.807) is 13.2 Å². The lowest BCUT2D eigenvalue weighted by Gasteiger charge is -2.18. The highest BCUT2D eigenvalue weighted by molar-refractivity contribution is 5.67. The molecular weight excluding hydrogens is 178 g/mol. The van der Waals surface area contributed by atoms with Gasteiger partial charge in [0.25, 0.3) is 0 Å². The molecule has 0 saturated carbocycles. The van der Waals surface area contributed by atoms with Gasteiger partial charge in [-0.3, -0.25) is 0 Å². The zero-order valence-electron chi connectivity index (χ0n) is 9.00. The van der Waals surface area contributed by atoms with Crippen LogP contribution in [0.25, 0.3) is 0 Å². The molecule has 3 nitrogen and oxygen atoms in total. The van der Waals surface area contributed by atoms with Crippen molar-refractivity contribution in [2.45, 2.75) is 26.2 Å². The molecule has 1 heterocycles. The number of carbonyl (C=O) groups is 1. The van der Waals surface area contributed by atoms with Gasteiger partial charge in [0.15, 0.2) is 0 Å². The highest BCUT2D eigenvalue weighted by Gasteiger charge is 2.20. The van der Waals surface area contributed by atoms with Gasteiger partial charge in [-0.25, -0.2) is 4.98 Å². The van der Waals surface area contributed by atoms with Gasteiger partial charge in [0.2, 0.25) is 5.88 Å². The normalized spacial score (nSPS) is 11.1. The van der Waals surface area contributed by atoms with Crippen molar-refractivity contribution in [1.29, 1.82) is 0 Å². The maximum Gasteiger partial charge on any atom is 0.213 e. The van der Waals surface area contributed by atoms with Crippen molar-refractivity contribution in [3.63, 3.8) is 0 Å². The average molecular weight is 193 g/mol. The van der Waals surface area contributed by atoms with Crippen LogP contribution in [0.5, 0.6) is 5.88 Å². The van der Waals surface area contributed by atoms with Crippen LogP contribution in [0.3, 0.4) is 0 Å². The first kappa shape index (κ1) is 10.7. The minimum absolute atomic E-state index is 0.485. The summed E-state index contributed by atoms with van der Waals surface area (Å²) in [6.07, 6.45) is 0.932. The number of pyridine rings is 1. The molecule has 0 N–H and O–H groups in total. The van der Waals surface area contributed by atoms with Crippen LogP contribution in [0.1, 0.15) is 25.1 Å². The second-order valence-corrected chi connectivity index (χ2v) is 3.88. The van der Waals surface area contributed by atoms with E-state index in [4.69, 9.17) is 4.74 Å². The lowest BCUT2D eigenvalue weighted by atomic mass is 9.86. The fourth-order valence-electron chi connectivity index (χ4n) is 1.18. The minimum atomic E-state index is -0.485. The monoisotopic (exact) mass is 193 g/mol. The van der Waals surface area contributed by atoms with Crippen molar-refractivity contribution in [3.8, 4) is 5.88 Å². The van der Waals surface area contributed by atoms with Gasteiger partial charge in [-0.05, 0) is 32.4 Å². The largest absolute Gasteiger partial charge is 0.481 e. The molecule has 14 heavy (non-hydrogen) atoms. The molecule has 3 heteroatoms. The summed E-state index contributed by atoms with van der Waals surface area (Å²) in [7, 11) is 1.57. The van der Waals surface area contributed by atoms with E-state index in [0.29, 0.717) is 5.88 Å². The second-order valence-electron chi connectivity index (χ2n) is 3.88. The highest BCUT2D eigenvalue weighted by atomic mass is 16.5. The van der Waals surface area contributed by atoms with E-state index < -0.39 is 5.41 Å². The fourth-order valence-corrected chi connectivity index (χ4v) is 1.18. The van der Waals surface area contributed by atoms with Crippen molar-refractivity contribution in [1.82, 2.24) is 4.98 Å². The van der Waals surface area contributed by atoms with Crippen LogP contribution < -0.4 is 4.74 Å². The molecule has 76 valence electrons. The van der Waals surface area contributed by atoms with Gasteiger partial charge in [-0.2, -0.15) is 0 Å². The molecule has 0 radical (unpaired) electrons. The van der Waals surface area contributed by atoms with Crippen LogP contribution in [0.4, 0.5) is 0 Å². The lowest BCUT2D eigenvalue weighted by Crippen LogP contribution is -2.19. The Balaban J connectivity index is 3.21. The van der Waals surface area contributed by atoms with Gasteiger partial charge in [-0.15, -0.1) is 0 Å². The first-order chi connectivity index (χ1) is 6.49. The molecule has 1 rings (SSSR count). The number of nitrogens with zero attached hydrogens (tertiary/aromatic N) is 1. The summed E-state index contributed by atoms with van der Waals surface area (Å²) >= 11 is 0. The van der Waals surface area contributed by atoms with Crippen LogP contribution in [0.2, 0.25) is 0 Å². The third kappa shape index (κ3) is 2.10. The molecule has 0 spiro atoms. The van der Waals surface area contributed by atoms with E-state index >= 15 is 0 Å². The average Bonchev–Trinajstić information content (AvgIpc) is 2.16. The predicted octanol–water partition coefficient (Wildman–Crippen LogP) is 1.88. The number of aldehydes is 1.